The fraction of sp³-hybridized carbons (Fsp3) is 0.324. The van der Waals surface area contributed by atoms with Crippen LogP contribution in [0.5, 0.6) is 5.75 Å². The van der Waals surface area contributed by atoms with Gasteiger partial charge in [-0.05, 0) is 84.5 Å². The van der Waals surface area contributed by atoms with Gasteiger partial charge >= 0.3 is 5.97 Å². The summed E-state index contributed by atoms with van der Waals surface area (Å²) >= 11 is 6.00. The third-order valence-corrected chi connectivity index (χ3v) is 8.63. The van der Waals surface area contributed by atoms with Gasteiger partial charge in [0, 0.05) is 48.9 Å². The van der Waals surface area contributed by atoms with Crippen molar-refractivity contribution in [3.05, 3.63) is 99.1 Å². The van der Waals surface area contributed by atoms with E-state index in [1.807, 2.05) is 43.3 Å². The molecule has 0 radical (unpaired) electrons. The maximum atomic E-state index is 11.3. The number of nitrogens with zero attached hydrogens (tertiary/aromatic N) is 4. The summed E-state index contributed by atoms with van der Waals surface area (Å²) in [6, 6.07) is 19.0. The largest absolute Gasteiger partial charge is 0.489 e. The van der Waals surface area contributed by atoms with Crippen LogP contribution in [-0.4, -0.2) is 65.3 Å². The van der Waals surface area contributed by atoms with Crippen molar-refractivity contribution in [2.45, 2.75) is 33.0 Å². The summed E-state index contributed by atoms with van der Waals surface area (Å²) < 4.78 is 12.0. The van der Waals surface area contributed by atoms with Crippen LogP contribution in [0.25, 0.3) is 11.3 Å². The molecule has 1 saturated heterocycles. The Labute approximate surface area is 262 Å². The Balaban J connectivity index is 1.05. The highest BCUT2D eigenvalue weighted by Gasteiger charge is 2.27. The second kappa shape index (κ2) is 13.2. The third-order valence-electron chi connectivity index (χ3n) is 8.37. The van der Waals surface area contributed by atoms with E-state index < -0.39 is 5.97 Å². The average molecular weight is 614 g/mol. The van der Waals surface area contributed by atoms with E-state index in [1.165, 1.54) is 5.56 Å². The van der Waals surface area contributed by atoms with Crippen molar-refractivity contribution < 1.29 is 19.4 Å². The second-order valence-electron chi connectivity index (χ2n) is 11.3. The number of carboxylic acids is 1. The quantitative estimate of drug-likeness (QED) is 0.227. The van der Waals surface area contributed by atoms with Crippen LogP contribution < -0.4 is 15.4 Å². The van der Waals surface area contributed by atoms with Gasteiger partial charge in [-0.25, -0.2) is 9.78 Å². The molecule has 0 amide bonds. The zero-order chi connectivity index (χ0) is 30.6. The highest BCUT2D eigenvalue weighted by atomic mass is 35.5. The average Bonchev–Trinajstić information content (AvgIpc) is 3.03. The van der Waals surface area contributed by atoms with Crippen molar-refractivity contribution >= 4 is 29.3 Å². The maximum Gasteiger partial charge on any atom is 0.335 e. The van der Waals surface area contributed by atoms with E-state index in [2.05, 4.69) is 26.9 Å². The van der Waals surface area contributed by atoms with Crippen molar-refractivity contribution in [2.24, 2.45) is 0 Å². The fourth-order valence-corrected chi connectivity index (χ4v) is 5.95. The van der Waals surface area contributed by atoms with Crippen molar-refractivity contribution in [2.75, 3.05) is 50.0 Å². The minimum absolute atomic E-state index is 0.283. The number of hydrogen-bond acceptors (Lipinski definition) is 8. The molecule has 6 rings (SSSR count). The van der Waals surface area contributed by atoms with Gasteiger partial charge in [-0.1, -0.05) is 29.8 Å². The zero-order valence-corrected chi connectivity index (χ0v) is 25.5. The Morgan fingerprint density at radius 3 is 2.55 bits per heavy atom. The van der Waals surface area contributed by atoms with Crippen LogP contribution in [-0.2, 0) is 30.8 Å². The Hall–Kier alpha value is -4.18. The number of nitrogens with two attached hydrogens (primary N) is 1. The summed E-state index contributed by atoms with van der Waals surface area (Å²) in [7, 11) is 0. The molecule has 0 bridgehead atoms. The van der Waals surface area contributed by atoms with Crippen molar-refractivity contribution in [1.29, 1.82) is 0 Å². The molecule has 4 aromatic rings. The van der Waals surface area contributed by atoms with Crippen LogP contribution in [0, 0.1) is 6.92 Å². The molecule has 3 aromatic carbocycles. The molecule has 2 aliphatic rings. The van der Waals surface area contributed by atoms with Crippen molar-refractivity contribution in [3.63, 3.8) is 0 Å². The van der Waals surface area contributed by atoms with Gasteiger partial charge in [0.05, 0.1) is 24.5 Å². The summed E-state index contributed by atoms with van der Waals surface area (Å²) in [6.45, 7) is 7.69. The molecule has 1 fully saturated rings. The predicted molar refractivity (Wildman–Crippen MR) is 172 cm³/mol. The lowest BCUT2D eigenvalue weighted by Crippen LogP contribution is -2.48. The highest BCUT2D eigenvalue weighted by molar-refractivity contribution is 6.30. The van der Waals surface area contributed by atoms with E-state index in [0.717, 1.165) is 90.6 Å². The van der Waals surface area contributed by atoms with Crippen LogP contribution >= 0.6 is 11.6 Å². The molecule has 0 unspecified atom stereocenters. The summed E-state index contributed by atoms with van der Waals surface area (Å²) in [6.07, 6.45) is 1.72. The van der Waals surface area contributed by atoms with Gasteiger partial charge in [-0.2, -0.15) is 4.98 Å². The number of hydrogen-bond donors (Lipinski definition) is 2. The van der Waals surface area contributed by atoms with E-state index in [0.29, 0.717) is 24.8 Å². The second-order valence-corrected chi connectivity index (χ2v) is 11.7. The van der Waals surface area contributed by atoms with Crippen LogP contribution in [0.1, 0.15) is 38.2 Å². The molecule has 0 atom stereocenters. The fourth-order valence-electron chi connectivity index (χ4n) is 5.83. The van der Waals surface area contributed by atoms with Gasteiger partial charge in [0.2, 0.25) is 5.95 Å². The molecule has 1 aliphatic heterocycles. The lowest BCUT2D eigenvalue weighted by atomic mass is 9.88. The molecule has 10 heteroatoms. The van der Waals surface area contributed by atoms with E-state index >= 15 is 0 Å². The molecule has 0 spiro atoms. The summed E-state index contributed by atoms with van der Waals surface area (Å²) in [4.78, 5) is 25.4. The molecule has 0 saturated carbocycles. The molecular weight excluding hydrogens is 578 g/mol. The molecule has 44 heavy (non-hydrogen) atoms. The first-order valence-corrected chi connectivity index (χ1v) is 15.3. The number of rotatable bonds is 10. The van der Waals surface area contributed by atoms with Gasteiger partial charge in [0.15, 0.2) is 0 Å². The van der Waals surface area contributed by atoms with E-state index in [9.17, 15) is 9.90 Å². The Morgan fingerprint density at radius 1 is 0.977 bits per heavy atom. The molecule has 9 nitrogen and oxygen atoms in total. The lowest BCUT2D eigenvalue weighted by Gasteiger charge is -2.37. The number of ether oxygens (including phenoxy) is 2. The Morgan fingerprint density at radius 2 is 1.77 bits per heavy atom. The standard InChI is InChI=1S/C34H36ClN5O4/c1-22-2-5-25(33(41)42)18-26(22)21-43-17-16-39-12-14-40(15-13-39)32-30-10-6-24-19-28(44-20-23-3-7-27(35)8-4-23)9-11-29(24)31(30)37-34(36)38-32/h2-5,7-9,11,18-19H,6,10,12-17,20-21H2,1H3,(H,41,42)(H2,36,37,38). The summed E-state index contributed by atoms with van der Waals surface area (Å²) in [5.74, 6) is 1.12. The number of anilines is 2. The number of piperazine rings is 1. The number of fused-ring (bicyclic) bond motifs is 3. The van der Waals surface area contributed by atoms with Gasteiger partial charge in [-0.15, -0.1) is 0 Å². The van der Waals surface area contributed by atoms with Crippen LogP contribution in [0.4, 0.5) is 11.8 Å². The smallest absolute Gasteiger partial charge is 0.335 e. The van der Waals surface area contributed by atoms with Gasteiger partial charge in [0.1, 0.15) is 18.2 Å². The number of carbonyl (C=O) groups is 1. The number of benzene rings is 3. The number of nitrogen functional groups attached to an aromatic ring is 1. The molecule has 228 valence electrons. The highest BCUT2D eigenvalue weighted by Crippen LogP contribution is 2.38. The van der Waals surface area contributed by atoms with Crippen LogP contribution in [0.3, 0.4) is 0 Å². The van der Waals surface area contributed by atoms with Crippen molar-refractivity contribution in [1.82, 2.24) is 14.9 Å². The topological polar surface area (TPSA) is 114 Å². The molecular formula is C34H36ClN5O4. The number of aryl methyl sites for hydroxylation is 2. The number of aromatic carboxylic acids is 1. The van der Waals surface area contributed by atoms with Crippen LogP contribution in [0.15, 0.2) is 60.7 Å². The van der Waals surface area contributed by atoms with Crippen LogP contribution in [0.2, 0.25) is 5.02 Å². The maximum absolute atomic E-state index is 11.3. The van der Waals surface area contributed by atoms with E-state index in [-0.39, 0.29) is 11.5 Å². The Bertz CT molecular complexity index is 1650. The van der Waals surface area contributed by atoms with E-state index in [1.54, 1.807) is 12.1 Å². The summed E-state index contributed by atoms with van der Waals surface area (Å²) in [5.41, 5.74) is 13.9. The van der Waals surface area contributed by atoms with Gasteiger partial charge in [-0.3, -0.25) is 4.90 Å². The monoisotopic (exact) mass is 613 g/mol. The number of halogens is 1. The molecule has 3 N–H and O–H groups in total. The first-order valence-electron chi connectivity index (χ1n) is 14.9. The third kappa shape index (κ3) is 6.80. The Kier molecular flexibility index (Phi) is 8.97. The molecule has 2 heterocycles. The SMILES string of the molecule is Cc1ccc(C(=O)O)cc1COCCN1CCN(c2nc(N)nc3c2CCc2cc(OCc4ccc(Cl)cc4)ccc2-3)CC1. The van der Waals surface area contributed by atoms with Crippen molar-refractivity contribution in [3.8, 4) is 17.0 Å². The minimum atomic E-state index is -0.926. The first-order chi connectivity index (χ1) is 21.3. The minimum Gasteiger partial charge on any atom is -0.489 e. The van der Waals surface area contributed by atoms with Gasteiger partial charge < -0.3 is 25.2 Å². The number of aromatic nitrogens is 2. The first kappa shape index (κ1) is 29.9. The molecule has 1 aromatic heterocycles. The normalized spacial score (nSPS) is 14.6. The lowest BCUT2D eigenvalue weighted by molar-refractivity contribution is 0.0695. The predicted octanol–water partition coefficient (Wildman–Crippen LogP) is 5.40. The molecule has 1 aliphatic carbocycles. The summed E-state index contributed by atoms with van der Waals surface area (Å²) in [5, 5.41) is 9.97. The van der Waals surface area contributed by atoms with Gasteiger partial charge in [0.25, 0.3) is 0 Å². The van der Waals surface area contributed by atoms with E-state index in [4.69, 9.17) is 31.8 Å². The zero-order valence-electron chi connectivity index (χ0n) is 24.8. The number of carboxylic acid groups (broad SMARTS) is 1.